The molecule has 1 aromatic carbocycles. The first-order chi connectivity index (χ1) is 11.5. The van der Waals surface area contributed by atoms with E-state index in [9.17, 15) is 10.1 Å². The Morgan fingerprint density at radius 2 is 2.04 bits per heavy atom. The highest BCUT2D eigenvalue weighted by molar-refractivity contribution is 5.92. The van der Waals surface area contributed by atoms with E-state index in [0.29, 0.717) is 17.1 Å². The molecule has 0 radical (unpaired) electrons. The van der Waals surface area contributed by atoms with E-state index in [2.05, 4.69) is 21.6 Å². The second-order valence-electron chi connectivity index (χ2n) is 5.51. The number of H-pyrrole nitrogens is 1. The Kier molecular flexibility index (Phi) is 5.42. The lowest BCUT2D eigenvalue weighted by atomic mass is 10.1. The van der Waals surface area contributed by atoms with Crippen LogP contribution in [0.15, 0.2) is 24.3 Å². The van der Waals surface area contributed by atoms with Gasteiger partial charge >= 0.3 is 0 Å². The Balaban J connectivity index is 2.23. The summed E-state index contributed by atoms with van der Waals surface area (Å²) in [5, 5.41) is 18.9. The molecule has 0 saturated heterocycles. The molecule has 0 aliphatic rings. The topological polar surface area (TPSA) is 100 Å². The monoisotopic (exact) mass is 328 g/mol. The number of ether oxygens (including phenoxy) is 2. The lowest BCUT2D eigenvalue weighted by Gasteiger charge is -2.15. The van der Waals surface area contributed by atoms with Crippen LogP contribution in [0.4, 0.5) is 0 Å². The number of nitrogens with zero attached hydrogens (tertiary/aromatic N) is 2. The Morgan fingerprint density at radius 1 is 1.29 bits per heavy atom. The van der Waals surface area contributed by atoms with E-state index < -0.39 is 11.9 Å². The van der Waals surface area contributed by atoms with Crippen molar-refractivity contribution in [3.8, 4) is 17.6 Å². The lowest BCUT2D eigenvalue weighted by molar-refractivity contribution is 0.0940. The number of carbonyl (C=O) groups is 1. The standard InChI is InChI=1S/C17H20N4O3/c1-10(2)13-8-14(21-20-13)17(22)19-15(9-18)12-6-5-11(23-3)7-16(12)24-4/h5-8,10,15H,1-4H3,(H,19,22)(H,20,21)/t15-/m0/s1. The van der Waals surface area contributed by atoms with Crippen molar-refractivity contribution in [3.05, 3.63) is 41.2 Å². The van der Waals surface area contributed by atoms with Gasteiger partial charge in [-0.25, -0.2) is 0 Å². The van der Waals surface area contributed by atoms with Crippen molar-refractivity contribution in [2.45, 2.75) is 25.8 Å². The predicted molar refractivity (Wildman–Crippen MR) is 88.0 cm³/mol. The van der Waals surface area contributed by atoms with Crippen molar-refractivity contribution in [1.29, 1.82) is 5.26 Å². The third kappa shape index (κ3) is 3.66. The van der Waals surface area contributed by atoms with Gasteiger partial charge in [-0.3, -0.25) is 9.89 Å². The van der Waals surface area contributed by atoms with Crippen molar-refractivity contribution < 1.29 is 14.3 Å². The molecule has 0 saturated carbocycles. The van der Waals surface area contributed by atoms with Crippen LogP contribution in [0.1, 0.15) is 47.6 Å². The van der Waals surface area contributed by atoms with Gasteiger partial charge in [-0.1, -0.05) is 13.8 Å². The minimum absolute atomic E-state index is 0.229. The zero-order chi connectivity index (χ0) is 17.7. The predicted octanol–water partition coefficient (Wildman–Crippen LogP) is 2.54. The molecule has 1 aromatic heterocycles. The molecule has 1 heterocycles. The van der Waals surface area contributed by atoms with E-state index in [0.717, 1.165) is 5.69 Å². The smallest absolute Gasteiger partial charge is 0.273 e. The molecule has 0 bridgehead atoms. The van der Waals surface area contributed by atoms with Gasteiger partial charge in [0, 0.05) is 17.3 Å². The molecule has 24 heavy (non-hydrogen) atoms. The second-order valence-corrected chi connectivity index (χ2v) is 5.51. The molecule has 2 rings (SSSR count). The van der Waals surface area contributed by atoms with E-state index >= 15 is 0 Å². The number of rotatable bonds is 6. The molecule has 7 nitrogen and oxygen atoms in total. The van der Waals surface area contributed by atoms with Crippen LogP contribution in [-0.2, 0) is 0 Å². The zero-order valence-electron chi connectivity index (χ0n) is 14.1. The minimum atomic E-state index is -0.863. The number of nitriles is 1. The highest BCUT2D eigenvalue weighted by Gasteiger charge is 2.21. The summed E-state index contributed by atoms with van der Waals surface area (Å²) in [6.45, 7) is 3.99. The average Bonchev–Trinajstić information content (AvgIpc) is 3.09. The maximum atomic E-state index is 12.3. The Bertz CT molecular complexity index is 761. The lowest BCUT2D eigenvalue weighted by Crippen LogP contribution is -2.28. The number of methoxy groups -OCH3 is 2. The molecule has 2 aromatic rings. The number of benzene rings is 1. The van der Waals surface area contributed by atoms with E-state index in [4.69, 9.17) is 9.47 Å². The third-order valence-electron chi connectivity index (χ3n) is 3.61. The second kappa shape index (κ2) is 7.51. The summed E-state index contributed by atoms with van der Waals surface area (Å²) < 4.78 is 10.4. The van der Waals surface area contributed by atoms with Crippen LogP contribution in [0.25, 0.3) is 0 Å². The maximum absolute atomic E-state index is 12.3. The van der Waals surface area contributed by atoms with Gasteiger partial charge in [0.05, 0.1) is 20.3 Å². The quantitative estimate of drug-likeness (QED) is 0.849. The van der Waals surface area contributed by atoms with Crippen molar-refractivity contribution >= 4 is 5.91 Å². The molecular weight excluding hydrogens is 308 g/mol. The van der Waals surface area contributed by atoms with Crippen molar-refractivity contribution in [2.75, 3.05) is 14.2 Å². The molecule has 0 unspecified atom stereocenters. The number of hydrogen-bond donors (Lipinski definition) is 2. The molecule has 126 valence electrons. The number of hydrogen-bond acceptors (Lipinski definition) is 5. The van der Waals surface area contributed by atoms with E-state index in [1.54, 1.807) is 31.4 Å². The van der Waals surface area contributed by atoms with Gasteiger partial charge in [-0.2, -0.15) is 10.4 Å². The summed E-state index contributed by atoms with van der Waals surface area (Å²) in [6.07, 6.45) is 0. The van der Waals surface area contributed by atoms with Crippen LogP contribution in [-0.4, -0.2) is 30.3 Å². The van der Waals surface area contributed by atoms with Crippen LogP contribution >= 0.6 is 0 Å². The van der Waals surface area contributed by atoms with Gasteiger partial charge in [0.25, 0.3) is 5.91 Å². The molecule has 0 aliphatic carbocycles. The molecule has 7 heteroatoms. The van der Waals surface area contributed by atoms with E-state index in [1.807, 2.05) is 13.8 Å². The van der Waals surface area contributed by atoms with Crippen molar-refractivity contribution in [1.82, 2.24) is 15.5 Å². The van der Waals surface area contributed by atoms with Crippen molar-refractivity contribution in [2.24, 2.45) is 0 Å². The maximum Gasteiger partial charge on any atom is 0.273 e. The number of amides is 1. The summed E-state index contributed by atoms with van der Waals surface area (Å²) in [5.74, 6) is 0.869. The fraction of sp³-hybridized carbons (Fsp3) is 0.353. The molecule has 1 atom stereocenters. The summed E-state index contributed by atoms with van der Waals surface area (Å²) >= 11 is 0. The van der Waals surface area contributed by atoms with Crippen molar-refractivity contribution in [3.63, 3.8) is 0 Å². The van der Waals surface area contributed by atoms with Gasteiger partial charge in [-0.15, -0.1) is 0 Å². The molecule has 0 fully saturated rings. The molecule has 1 amide bonds. The van der Waals surface area contributed by atoms with Crippen LogP contribution in [0, 0.1) is 11.3 Å². The summed E-state index contributed by atoms with van der Waals surface area (Å²) in [7, 11) is 3.04. The van der Waals surface area contributed by atoms with Gasteiger partial charge in [0.1, 0.15) is 23.2 Å². The Morgan fingerprint density at radius 3 is 2.58 bits per heavy atom. The average molecular weight is 328 g/mol. The van der Waals surface area contributed by atoms with Crippen LogP contribution in [0.5, 0.6) is 11.5 Å². The first-order valence-electron chi connectivity index (χ1n) is 7.47. The van der Waals surface area contributed by atoms with Gasteiger partial charge < -0.3 is 14.8 Å². The minimum Gasteiger partial charge on any atom is -0.497 e. The first-order valence-corrected chi connectivity index (χ1v) is 7.47. The van der Waals surface area contributed by atoms with Crippen LogP contribution < -0.4 is 14.8 Å². The van der Waals surface area contributed by atoms with Gasteiger partial charge in [-0.05, 0) is 24.1 Å². The Hall–Kier alpha value is -3.01. The highest BCUT2D eigenvalue weighted by atomic mass is 16.5. The van der Waals surface area contributed by atoms with Crippen LogP contribution in [0.2, 0.25) is 0 Å². The zero-order valence-corrected chi connectivity index (χ0v) is 14.1. The van der Waals surface area contributed by atoms with Gasteiger partial charge in [0.2, 0.25) is 0 Å². The Labute approximate surface area is 140 Å². The SMILES string of the molecule is COc1ccc([C@H](C#N)NC(=O)c2cc(C(C)C)[nH]n2)c(OC)c1. The highest BCUT2D eigenvalue weighted by Crippen LogP contribution is 2.29. The summed E-state index contributed by atoms with van der Waals surface area (Å²) in [6, 6.07) is 7.95. The fourth-order valence-electron chi connectivity index (χ4n) is 2.19. The van der Waals surface area contributed by atoms with Gasteiger partial charge in [0.15, 0.2) is 0 Å². The summed E-state index contributed by atoms with van der Waals surface area (Å²) in [4.78, 5) is 12.3. The normalized spacial score (nSPS) is 11.7. The summed E-state index contributed by atoms with van der Waals surface area (Å²) in [5.41, 5.74) is 1.65. The number of carbonyl (C=O) groups excluding carboxylic acids is 1. The van der Waals surface area contributed by atoms with E-state index in [-0.39, 0.29) is 11.6 Å². The first kappa shape index (κ1) is 17.3. The molecular formula is C17H20N4O3. The molecule has 2 N–H and O–H groups in total. The number of nitrogens with one attached hydrogen (secondary N) is 2. The van der Waals surface area contributed by atoms with Crippen LogP contribution in [0.3, 0.4) is 0 Å². The fourth-order valence-corrected chi connectivity index (χ4v) is 2.19. The third-order valence-corrected chi connectivity index (χ3v) is 3.61. The van der Waals surface area contributed by atoms with E-state index in [1.165, 1.54) is 7.11 Å². The largest absolute Gasteiger partial charge is 0.497 e. The molecule has 0 spiro atoms. The number of aromatic nitrogens is 2. The molecule has 0 aliphatic heterocycles. The number of aromatic amines is 1.